The minimum Gasteiger partial charge on any atom is -0.486 e. The van der Waals surface area contributed by atoms with Gasteiger partial charge in [0.1, 0.15) is 18.2 Å². The SMILES string of the molecule is CN1C(=O)N(C)C(=O)C2(C1=O)C(=S)N[C@]1(C(=O)N(C)c3ccccc31)[C@H]2c1ccc2c(c1)OCCO2. The molecule has 4 heterocycles. The lowest BCUT2D eigenvalue weighted by Crippen LogP contribution is -2.66. The molecule has 184 valence electrons. The second kappa shape index (κ2) is 7.26. The van der Waals surface area contributed by atoms with Crippen molar-refractivity contribution in [2.24, 2.45) is 5.41 Å². The summed E-state index contributed by atoms with van der Waals surface area (Å²) in [5.41, 5.74) is -1.92. The predicted octanol–water partition coefficient (Wildman–Crippen LogP) is 1.38. The Labute approximate surface area is 211 Å². The minimum atomic E-state index is -2.04. The molecule has 2 aromatic rings. The molecule has 0 radical (unpaired) electrons. The van der Waals surface area contributed by atoms with Gasteiger partial charge in [0, 0.05) is 32.4 Å². The van der Waals surface area contributed by atoms with Gasteiger partial charge in [-0.05, 0) is 23.8 Å². The number of carbonyl (C=O) groups excluding carboxylic acids is 4. The molecule has 0 aromatic heterocycles. The lowest BCUT2D eigenvalue weighted by atomic mass is 9.62. The van der Waals surface area contributed by atoms with Crippen molar-refractivity contribution >= 4 is 46.6 Å². The Kier molecular flexibility index (Phi) is 4.53. The van der Waals surface area contributed by atoms with Gasteiger partial charge >= 0.3 is 6.03 Å². The van der Waals surface area contributed by atoms with Crippen LogP contribution >= 0.6 is 12.2 Å². The quantitative estimate of drug-likeness (QED) is 0.457. The average molecular weight is 507 g/mol. The molecule has 1 N–H and O–H groups in total. The number of ether oxygens (including phenoxy) is 2. The van der Waals surface area contributed by atoms with Crippen molar-refractivity contribution in [3.8, 4) is 11.5 Å². The lowest BCUT2D eigenvalue weighted by Gasteiger charge is -2.43. The van der Waals surface area contributed by atoms with Gasteiger partial charge in [0.05, 0.1) is 5.92 Å². The number of rotatable bonds is 1. The van der Waals surface area contributed by atoms with Gasteiger partial charge < -0.3 is 19.7 Å². The van der Waals surface area contributed by atoms with Crippen molar-refractivity contribution in [3.63, 3.8) is 0 Å². The fraction of sp³-hybridized carbons (Fsp3) is 0.320. The highest BCUT2D eigenvalue weighted by Gasteiger charge is 2.76. The number of carbonyl (C=O) groups is 4. The van der Waals surface area contributed by atoms with Gasteiger partial charge in [-0.1, -0.05) is 36.5 Å². The van der Waals surface area contributed by atoms with Gasteiger partial charge in [0.25, 0.3) is 17.7 Å². The standard InChI is InChI=1S/C25H22N4O6S/c1-27-15-7-5-4-6-14(15)25(22(27)32)18(13-8-9-16-17(12-13)35-11-10-34-16)24(19(36)26-25)20(30)28(2)23(33)29(3)21(24)31/h4-9,12,18H,10-11H2,1-3H3,(H,26,36)/t18-,25-/m0/s1. The maximum absolute atomic E-state index is 14.1. The molecular weight excluding hydrogens is 484 g/mol. The van der Waals surface area contributed by atoms with Crippen molar-refractivity contribution in [2.45, 2.75) is 11.5 Å². The molecule has 2 spiro atoms. The van der Waals surface area contributed by atoms with E-state index in [0.29, 0.717) is 41.5 Å². The number of amides is 5. The Balaban J connectivity index is 1.69. The van der Waals surface area contributed by atoms with Gasteiger partial charge in [-0.3, -0.25) is 24.2 Å². The van der Waals surface area contributed by atoms with Gasteiger partial charge in [-0.15, -0.1) is 0 Å². The van der Waals surface area contributed by atoms with Crippen LogP contribution in [0, 0.1) is 5.41 Å². The Morgan fingerprint density at radius 1 is 0.861 bits per heavy atom. The number of hydrogen-bond donors (Lipinski definition) is 1. The first-order valence-electron chi connectivity index (χ1n) is 11.4. The van der Waals surface area contributed by atoms with Crippen LogP contribution in [0.3, 0.4) is 0 Å². The molecular formula is C25H22N4O6S. The van der Waals surface area contributed by atoms with E-state index in [4.69, 9.17) is 21.7 Å². The Hall–Kier alpha value is -3.99. The summed E-state index contributed by atoms with van der Waals surface area (Å²) in [6.07, 6.45) is 0. The number of para-hydroxylation sites is 1. The van der Waals surface area contributed by atoms with Crippen molar-refractivity contribution in [1.82, 2.24) is 15.1 Å². The van der Waals surface area contributed by atoms with E-state index in [-0.39, 0.29) is 10.9 Å². The summed E-state index contributed by atoms with van der Waals surface area (Å²) in [6, 6.07) is 11.5. The Morgan fingerprint density at radius 3 is 2.19 bits per heavy atom. The largest absolute Gasteiger partial charge is 0.486 e. The van der Waals surface area contributed by atoms with Crippen LogP contribution in [-0.2, 0) is 19.9 Å². The number of nitrogens with one attached hydrogen (secondary N) is 1. The molecule has 0 unspecified atom stereocenters. The summed E-state index contributed by atoms with van der Waals surface area (Å²) >= 11 is 5.73. The number of urea groups is 1. The molecule has 4 aliphatic heterocycles. The number of thiocarbonyl (C=S) groups is 1. The fourth-order valence-corrected chi connectivity index (χ4v) is 6.45. The zero-order valence-electron chi connectivity index (χ0n) is 19.7. The third kappa shape index (κ3) is 2.43. The van der Waals surface area contributed by atoms with Crippen molar-refractivity contribution in [3.05, 3.63) is 53.6 Å². The summed E-state index contributed by atoms with van der Waals surface area (Å²) in [5, 5.41) is 3.13. The molecule has 36 heavy (non-hydrogen) atoms. The highest BCUT2D eigenvalue weighted by atomic mass is 32.1. The van der Waals surface area contributed by atoms with Gasteiger partial charge in [-0.25, -0.2) is 4.79 Å². The van der Waals surface area contributed by atoms with Crippen LogP contribution in [0.15, 0.2) is 42.5 Å². The van der Waals surface area contributed by atoms with Crippen molar-refractivity contribution in [2.75, 3.05) is 39.3 Å². The van der Waals surface area contributed by atoms with Crippen LogP contribution in [0.25, 0.3) is 0 Å². The predicted molar refractivity (Wildman–Crippen MR) is 131 cm³/mol. The fourth-order valence-electron chi connectivity index (χ4n) is 5.99. The molecule has 6 rings (SSSR count). The number of benzene rings is 2. The summed E-state index contributed by atoms with van der Waals surface area (Å²) in [6.45, 7) is 0.719. The van der Waals surface area contributed by atoms with Gasteiger partial charge in [0.2, 0.25) is 0 Å². The second-order valence-electron chi connectivity index (χ2n) is 9.30. The Bertz CT molecular complexity index is 1380. The number of fused-ring (bicyclic) bond motifs is 3. The zero-order valence-corrected chi connectivity index (χ0v) is 20.5. The third-order valence-electron chi connectivity index (χ3n) is 7.62. The first-order valence-corrected chi connectivity index (χ1v) is 11.8. The maximum Gasteiger partial charge on any atom is 0.332 e. The van der Waals surface area contributed by atoms with Gasteiger partial charge in [0.15, 0.2) is 22.5 Å². The molecule has 2 atom stereocenters. The highest BCUT2D eigenvalue weighted by Crippen LogP contribution is 2.61. The lowest BCUT2D eigenvalue weighted by molar-refractivity contribution is -0.153. The summed E-state index contributed by atoms with van der Waals surface area (Å²) in [7, 11) is 4.25. The first-order chi connectivity index (χ1) is 17.2. The summed E-state index contributed by atoms with van der Waals surface area (Å²) in [5.74, 6) is -2.12. The van der Waals surface area contributed by atoms with Crippen LogP contribution < -0.4 is 19.7 Å². The van der Waals surface area contributed by atoms with E-state index in [1.54, 1.807) is 49.5 Å². The van der Waals surface area contributed by atoms with Crippen LogP contribution in [-0.4, -0.2) is 72.9 Å². The smallest absolute Gasteiger partial charge is 0.332 e. The summed E-state index contributed by atoms with van der Waals surface area (Å²) < 4.78 is 11.5. The van der Waals surface area contributed by atoms with E-state index in [9.17, 15) is 19.2 Å². The number of hydrogen-bond acceptors (Lipinski definition) is 7. The van der Waals surface area contributed by atoms with E-state index in [1.165, 1.54) is 19.0 Å². The van der Waals surface area contributed by atoms with E-state index in [0.717, 1.165) is 9.80 Å². The monoisotopic (exact) mass is 506 g/mol. The maximum atomic E-state index is 14.1. The molecule has 0 bridgehead atoms. The van der Waals surface area contributed by atoms with E-state index >= 15 is 0 Å². The van der Waals surface area contributed by atoms with Crippen LogP contribution in [0.5, 0.6) is 11.5 Å². The Morgan fingerprint density at radius 2 is 1.50 bits per heavy atom. The van der Waals surface area contributed by atoms with Crippen LogP contribution in [0.1, 0.15) is 17.0 Å². The number of imide groups is 2. The van der Waals surface area contributed by atoms with Crippen molar-refractivity contribution < 1.29 is 28.7 Å². The molecule has 10 nitrogen and oxygen atoms in total. The van der Waals surface area contributed by atoms with Crippen LogP contribution in [0.4, 0.5) is 10.5 Å². The average Bonchev–Trinajstić information content (AvgIpc) is 3.29. The topological polar surface area (TPSA) is 108 Å². The third-order valence-corrected chi connectivity index (χ3v) is 8.05. The second-order valence-corrected chi connectivity index (χ2v) is 9.71. The molecule has 2 fully saturated rings. The minimum absolute atomic E-state index is 0.109. The molecule has 0 aliphatic carbocycles. The molecule has 2 aromatic carbocycles. The van der Waals surface area contributed by atoms with E-state index < -0.39 is 34.7 Å². The normalized spacial score (nSPS) is 26.2. The van der Waals surface area contributed by atoms with Crippen molar-refractivity contribution in [1.29, 1.82) is 0 Å². The number of likely N-dealkylation sites (N-methyl/N-ethyl adjacent to an activating group) is 1. The summed E-state index contributed by atoms with van der Waals surface area (Å²) in [4.78, 5) is 57.9. The molecule has 11 heteroatoms. The van der Waals surface area contributed by atoms with E-state index in [2.05, 4.69) is 5.32 Å². The van der Waals surface area contributed by atoms with E-state index in [1.807, 2.05) is 0 Å². The number of anilines is 1. The number of nitrogens with zero attached hydrogens (tertiary/aromatic N) is 3. The highest BCUT2D eigenvalue weighted by molar-refractivity contribution is 7.80. The van der Waals surface area contributed by atoms with Gasteiger partial charge in [-0.2, -0.15) is 0 Å². The molecule has 2 saturated heterocycles. The first kappa shape index (κ1) is 22.5. The van der Waals surface area contributed by atoms with Crippen LogP contribution in [0.2, 0.25) is 0 Å². The number of barbiturate groups is 1. The zero-order chi connectivity index (χ0) is 25.6. The molecule has 5 amide bonds. The molecule has 4 aliphatic rings. The molecule has 0 saturated carbocycles.